The van der Waals surface area contributed by atoms with E-state index in [0.29, 0.717) is 12.5 Å². The van der Waals surface area contributed by atoms with Crippen LogP contribution in [0.3, 0.4) is 0 Å². The van der Waals surface area contributed by atoms with Gasteiger partial charge in [0, 0.05) is 32.7 Å². The molecule has 1 saturated heterocycles. The van der Waals surface area contributed by atoms with Crippen LogP contribution in [0.5, 0.6) is 0 Å². The summed E-state index contributed by atoms with van der Waals surface area (Å²) in [6.07, 6.45) is 1.66. The molecular weight excluding hydrogens is 380 g/mol. The first-order chi connectivity index (χ1) is 14.1. The second-order valence-electron chi connectivity index (χ2n) is 7.86. The maximum absolute atomic E-state index is 9.64. The van der Waals surface area contributed by atoms with Crippen LogP contribution in [0.2, 0.25) is 0 Å². The Morgan fingerprint density at radius 2 is 1.90 bits per heavy atom. The normalized spacial score (nSPS) is 17.3. The number of aliphatic imine (C=N–C) groups is 1. The molecule has 29 heavy (non-hydrogen) atoms. The van der Waals surface area contributed by atoms with Crippen LogP contribution in [0.15, 0.2) is 46.1 Å². The number of hydrogen-bond donors (Lipinski definition) is 3. The molecule has 1 aromatic carbocycles. The van der Waals surface area contributed by atoms with Gasteiger partial charge in [0.2, 0.25) is 0 Å². The van der Waals surface area contributed by atoms with Gasteiger partial charge in [0.1, 0.15) is 0 Å². The predicted octanol–water partition coefficient (Wildman–Crippen LogP) is 3.56. The number of guanidine groups is 1. The zero-order valence-electron chi connectivity index (χ0n) is 17.6. The lowest BCUT2D eigenvalue weighted by atomic mass is 10.1. The summed E-state index contributed by atoms with van der Waals surface area (Å²) in [6.45, 7) is 9.63. The molecule has 2 aromatic rings. The van der Waals surface area contributed by atoms with Crippen LogP contribution in [-0.2, 0) is 13.1 Å². The van der Waals surface area contributed by atoms with Crippen LogP contribution in [0.4, 0.5) is 0 Å². The molecular formula is C23H34N4OS. The third-order valence-electron chi connectivity index (χ3n) is 5.44. The van der Waals surface area contributed by atoms with Crippen LogP contribution in [-0.4, -0.2) is 48.2 Å². The molecule has 1 atom stereocenters. The quantitative estimate of drug-likeness (QED) is 0.457. The van der Waals surface area contributed by atoms with Crippen LogP contribution >= 0.6 is 11.3 Å². The van der Waals surface area contributed by atoms with Gasteiger partial charge in [-0.15, -0.1) is 0 Å². The van der Waals surface area contributed by atoms with E-state index in [4.69, 9.17) is 4.99 Å². The standard InChI is InChI=1S/C23H34N4OS/c1-3-24-23(25-14-18(2)21-10-13-29-17-21)26-15-19-4-6-20(7-5-19)16-27-11-8-22(28)9-12-27/h4-7,10,13,17-18,22,28H,3,8-9,11-12,14-16H2,1-2H3,(H2,24,25,26). The molecule has 0 saturated carbocycles. The molecule has 1 aromatic heterocycles. The highest BCUT2D eigenvalue weighted by Crippen LogP contribution is 2.17. The van der Waals surface area contributed by atoms with Gasteiger partial charge in [0.05, 0.1) is 12.6 Å². The summed E-state index contributed by atoms with van der Waals surface area (Å²) in [5.74, 6) is 1.32. The van der Waals surface area contributed by atoms with E-state index in [2.05, 4.69) is 70.5 Å². The highest BCUT2D eigenvalue weighted by molar-refractivity contribution is 7.07. The molecule has 3 rings (SSSR count). The van der Waals surface area contributed by atoms with E-state index < -0.39 is 0 Å². The molecule has 1 aliphatic heterocycles. The third-order valence-corrected chi connectivity index (χ3v) is 6.14. The first-order valence-electron chi connectivity index (χ1n) is 10.7. The topological polar surface area (TPSA) is 59.9 Å². The van der Waals surface area contributed by atoms with E-state index in [1.807, 2.05) is 0 Å². The van der Waals surface area contributed by atoms with Crippen LogP contribution in [0.1, 0.15) is 49.3 Å². The molecule has 0 spiro atoms. The Bertz CT molecular complexity index is 737. The van der Waals surface area contributed by atoms with E-state index in [9.17, 15) is 5.11 Å². The second kappa shape index (κ2) is 11.3. The summed E-state index contributed by atoms with van der Waals surface area (Å²) >= 11 is 1.74. The van der Waals surface area contributed by atoms with Gasteiger partial charge in [0.25, 0.3) is 0 Å². The van der Waals surface area contributed by atoms with Crippen molar-refractivity contribution in [2.24, 2.45) is 4.99 Å². The average Bonchev–Trinajstić information content (AvgIpc) is 3.28. The van der Waals surface area contributed by atoms with Crippen molar-refractivity contribution in [2.45, 2.75) is 51.8 Å². The van der Waals surface area contributed by atoms with Crippen molar-refractivity contribution in [3.05, 3.63) is 57.8 Å². The average molecular weight is 415 g/mol. The molecule has 3 N–H and O–H groups in total. The Labute approximate surface area is 178 Å². The molecule has 0 aliphatic carbocycles. The summed E-state index contributed by atoms with van der Waals surface area (Å²) in [5.41, 5.74) is 3.91. The lowest BCUT2D eigenvalue weighted by molar-refractivity contribution is 0.0792. The van der Waals surface area contributed by atoms with E-state index in [-0.39, 0.29) is 6.10 Å². The van der Waals surface area contributed by atoms with Crippen molar-refractivity contribution < 1.29 is 5.11 Å². The number of hydrogen-bond acceptors (Lipinski definition) is 4. The Balaban J connectivity index is 1.49. The fraction of sp³-hybridized carbons (Fsp3) is 0.522. The number of benzene rings is 1. The van der Waals surface area contributed by atoms with Crippen molar-refractivity contribution in [2.75, 3.05) is 26.2 Å². The molecule has 2 heterocycles. The van der Waals surface area contributed by atoms with Gasteiger partial charge in [0.15, 0.2) is 5.96 Å². The molecule has 6 heteroatoms. The zero-order valence-corrected chi connectivity index (χ0v) is 18.4. The zero-order chi connectivity index (χ0) is 20.5. The maximum Gasteiger partial charge on any atom is 0.191 e. The lowest BCUT2D eigenvalue weighted by Gasteiger charge is -2.29. The number of nitrogens with one attached hydrogen (secondary N) is 2. The van der Waals surface area contributed by atoms with Gasteiger partial charge in [-0.05, 0) is 59.2 Å². The van der Waals surface area contributed by atoms with E-state index in [1.165, 1.54) is 16.7 Å². The summed E-state index contributed by atoms with van der Waals surface area (Å²) in [4.78, 5) is 7.17. The summed E-state index contributed by atoms with van der Waals surface area (Å²) < 4.78 is 0. The van der Waals surface area contributed by atoms with Crippen LogP contribution < -0.4 is 10.6 Å². The number of aliphatic hydroxyl groups is 1. The fourth-order valence-corrected chi connectivity index (χ4v) is 4.30. The van der Waals surface area contributed by atoms with Crippen LogP contribution in [0.25, 0.3) is 0 Å². The van der Waals surface area contributed by atoms with E-state index >= 15 is 0 Å². The van der Waals surface area contributed by atoms with Gasteiger partial charge in [-0.3, -0.25) is 4.90 Å². The minimum atomic E-state index is -0.112. The van der Waals surface area contributed by atoms with Crippen molar-refractivity contribution in [3.8, 4) is 0 Å². The number of nitrogens with zero attached hydrogens (tertiary/aromatic N) is 2. The molecule has 0 bridgehead atoms. The summed E-state index contributed by atoms with van der Waals surface area (Å²) in [5, 5.41) is 20.8. The number of rotatable bonds is 8. The molecule has 5 nitrogen and oxygen atoms in total. The molecule has 158 valence electrons. The van der Waals surface area contributed by atoms with Crippen LogP contribution in [0, 0.1) is 0 Å². The predicted molar refractivity (Wildman–Crippen MR) is 123 cm³/mol. The molecule has 1 fully saturated rings. The number of aliphatic hydroxyl groups excluding tert-OH is 1. The minimum Gasteiger partial charge on any atom is -0.393 e. The lowest BCUT2D eigenvalue weighted by Crippen LogP contribution is -2.39. The van der Waals surface area contributed by atoms with Gasteiger partial charge >= 0.3 is 0 Å². The van der Waals surface area contributed by atoms with Crippen molar-refractivity contribution in [1.82, 2.24) is 15.5 Å². The van der Waals surface area contributed by atoms with Crippen molar-refractivity contribution in [1.29, 1.82) is 0 Å². The molecule has 0 amide bonds. The summed E-state index contributed by atoms with van der Waals surface area (Å²) in [7, 11) is 0. The number of thiophene rings is 1. The Kier molecular flexibility index (Phi) is 8.52. The van der Waals surface area contributed by atoms with Gasteiger partial charge in [-0.25, -0.2) is 4.99 Å². The van der Waals surface area contributed by atoms with Gasteiger partial charge in [-0.2, -0.15) is 11.3 Å². The van der Waals surface area contributed by atoms with Gasteiger partial charge < -0.3 is 15.7 Å². The minimum absolute atomic E-state index is 0.112. The maximum atomic E-state index is 9.64. The fourth-order valence-electron chi connectivity index (χ4n) is 3.52. The summed E-state index contributed by atoms with van der Waals surface area (Å²) in [6, 6.07) is 10.9. The highest BCUT2D eigenvalue weighted by Gasteiger charge is 2.16. The highest BCUT2D eigenvalue weighted by atomic mass is 32.1. The number of likely N-dealkylation sites (tertiary alicyclic amines) is 1. The van der Waals surface area contributed by atoms with Crippen molar-refractivity contribution in [3.63, 3.8) is 0 Å². The molecule has 1 aliphatic rings. The first kappa shape index (κ1) is 21.8. The number of piperidine rings is 1. The largest absolute Gasteiger partial charge is 0.393 e. The smallest absolute Gasteiger partial charge is 0.191 e. The molecule has 0 radical (unpaired) electrons. The first-order valence-corrected chi connectivity index (χ1v) is 11.6. The third kappa shape index (κ3) is 7.14. The van der Waals surface area contributed by atoms with E-state index in [1.54, 1.807) is 11.3 Å². The second-order valence-corrected chi connectivity index (χ2v) is 8.64. The molecule has 1 unspecified atom stereocenters. The Morgan fingerprint density at radius 1 is 1.17 bits per heavy atom. The van der Waals surface area contributed by atoms with E-state index in [0.717, 1.165) is 51.5 Å². The Hall–Kier alpha value is -1.89. The Morgan fingerprint density at radius 3 is 2.55 bits per heavy atom. The van der Waals surface area contributed by atoms with Crippen molar-refractivity contribution >= 4 is 17.3 Å². The SMILES string of the molecule is CCNC(=NCc1ccc(CN2CCC(O)CC2)cc1)NCC(C)c1ccsc1. The van der Waals surface area contributed by atoms with Gasteiger partial charge in [-0.1, -0.05) is 31.2 Å². The monoisotopic (exact) mass is 414 g/mol.